The third-order valence-corrected chi connectivity index (χ3v) is 3.79. The number of carbonyl (C=O) groups excluding carboxylic acids is 1. The van der Waals surface area contributed by atoms with E-state index in [-0.39, 0.29) is 29.8 Å². The monoisotopic (exact) mass is 268 g/mol. The normalized spacial score (nSPS) is 27.9. The highest BCUT2D eigenvalue weighted by atomic mass is 35.5. The second kappa shape index (κ2) is 4.21. The molecule has 2 N–H and O–H groups in total. The predicted molar refractivity (Wildman–Crippen MR) is 66.6 cm³/mol. The summed E-state index contributed by atoms with van der Waals surface area (Å²) in [6.07, 6.45) is 2.35. The molecular weight excluding hydrogens is 255 g/mol. The zero-order chi connectivity index (χ0) is 12.9. The zero-order valence-corrected chi connectivity index (χ0v) is 10.5. The van der Waals surface area contributed by atoms with Gasteiger partial charge in [-0.2, -0.15) is 0 Å². The van der Waals surface area contributed by atoms with Gasteiger partial charge in [0.1, 0.15) is 5.82 Å². The van der Waals surface area contributed by atoms with E-state index in [9.17, 15) is 9.18 Å². The molecule has 1 aromatic carbocycles. The van der Waals surface area contributed by atoms with Gasteiger partial charge < -0.3 is 10.6 Å². The Hall–Kier alpha value is -1.13. The SMILES string of the molecule is NC1CC(=O)N(C2CC2)C1c1cc(F)cc(Cl)c1. The summed E-state index contributed by atoms with van der Waals surface area (Å²) in [5, 5.41) is 0.340. The second-order valence-corrected chi connectivity index (χ2v) is 5.48. The lowest BCUT2D eigenvalue weighted by Gasteiger charge is -2.27. The van der Waals surface area contributed by atoms with Crippen molar-refractivity contribution in [3.8, 4) is 0 Å². The van der Waals surface area contributed by atoms with E-state index in [1.165, 1.54) is 12.1 Å². The molecule has 1 amide bonds. The third-order valence-electron chi connectivity index (χ3n) is 3.57. The molecule has 0 spiro atoms. The van der Waals surface area contributed by atoms with Crippen molar-refractivity contribution in [1.29, 1.82) is 0 Å². The van der Waals surface area contributed by atoms with Gasteiger partial charge in [-0.05, 0) is 36.6 Å². The summed E-state index contributed by atoms with van der Waals surface area (Å²) in [5.74, 6) is -0.324. The fraction of sp³-hybridized carbons (Fsp3) is 0.462. The molecule has 5 heteroatoms. The van der Waals surface area contributed by atoms with Crippen LogP contribution in [0.2, 0.25) is 5.02 Å². The summed E-state index contributed by atoms with van der Waals surface area (Å²) in [4.78, 5) is 13.8. The largest absolute Gasteiger partial charge is 0.331 e. The maximum absolute atomic E-state index is 13.4. The Morgan fingerprint density at radius 2 is 2.06 bits per heavy atom. The van der Waals surface area contributed by atoms with Crippen LogP contribution in [0.1, 0.15) is 30.9 Å². The van der Waals surface area contributed by atoms with Gasteiger partial charge in [0.05, 0.1) is 6.04 Å². The number of amides is 1. The van der Waals surface area contributed by atoms with Gasteiger partial charge in [-0.3, -0.25) is 4.79 Å². The molecule has 2 atom stereocenters. The first-order chi connectivity index (χ1) is 8.56. The second-order valence-electron chi connectivity index (χ2n) is 5.05. The Labute approximate surface area is 110 Å². The van der Waals surface area contributed by atoms with Gasteiger partial charge in [0.15, 0.2) is 0 Å². The quantitative estimate of drug-likeness (QED) is 0.894. The predicted octanol–water partition coefficient (Wildman–Crippen LogP) is 2.24. The first-order valence-corrected chi connectivity index (χ1v) is 6.47. The van der Waals surface area contributed by atoms with Crippen molar-refractivity contribution in [2.24, 2.45) is 5.73 Å². The molecule has 1 aliphatic carbocycles. The average molecular weight is 269 g/mol. The maximum atomic E-state index is 13.4. The molecule has 3 nitrogen and oxygen atoms in total. The molecule has 1 saturated heterocycles. The van der Waals surface area contributed by atoms with Gasteiger partial charge in [0, 0.05) is 23.5 Å². The fourth-order valence-electron chi connectivity index (χ4n) is 2.72. The van der Waals surface area contributed by atoms with Crippen LogP contribution in [0, 0.1) is 5.82 Å². The summed E-state index contributed by atoms with van der Waals surface area (Å²) < 4.78 is 13.4. The van der Waals surface area contributed by atoms with Gasteiger partial charge in [-0.15, -0.1) is 0 Å². The van der Waals surface area contributed by atoms with E-state index in [1.807, 2.05) is 4.90 Å². The highest BCUT2D eigenvalue weighted by Crippen LogP contribution is 2.41. The van der Waals surface area contributed by atoms with Crippen molar-refractivity contribution in [1.82, 2.24) is 4.90 Å². The van der Waals surface area contributed by atoms with Gasteiger partial charge in [0.2, 0.25) is 5.91 Å². The number of hydrogen-bond donors (Lipinski definition) is 1. The van der Waals surface area contributed by atoms with Crippen LogP contribution in [0.3, 0.4) is 0 Å². The van der Waals surface area contributed by atoms with Crippen molar-refractivity contribution in [3.05, 3.63) is 34.6 Å². The number of likely N-dealkylation sites (tertiary alicyclic amines) is 1. The van der Waals surface area contributed by atoms with Gasteiger partial charge in [-0.25, -0.2) is 4.39 Å². The molecule has 0 aromatic heterocycles. The number of rotatable bonds is 2. The topological polar surface area (TPSA) is 46.3 Å². The maximum Gasteiger partial charge on any atom is 0.225 e. The van der Waals surface area contributed by atoms with Crippen molar-refractivity contribution in [2.75, 3.05) is 0 Å². The van der Waals surface area contributed by atoms with E-state index in [0.717, 1.165) is 12.8 Å². The molecule has 0 bridgehead atoms. The van der Waals surface area contributed by atoms with Gasteiger partial charge in [0.25, 0.3) is 0 Å². The highest BCUT2D eigenvalue weighted by Gasteiger charge is 2.45. The summed E-state index contributed by atoms with van der Waals surface area (Å²) in [7, 11) is 0. The summed E-state index contributed by atoms with van der Waals surface area (Å²) >= 11 is 5.87. The Morgan fingerprint density at radius 1 is 1.33 bits per heavy atom. The molecule has 0 radical (unpaired) electrons. The van der Waals surface area contributed by atoms with Crippen LogP contribution in [0.4, 0.5) is 4.39 Å². The minimum atomic E-state index is -0.389. The van der Waals surface area contributed by atoms with E-state index < -0.39 is 0 Å². The van der Waals surface area contributed by atoms with Crippen molar-refractivity contribution < 1.29 is 9.18 Å². The van der Waals surface area contributed by atoms with E-state index in [2.05, 4.69) is 0 Å². The van der Waals surface area contributed by atoms with E-state index in [1.54, 1.807) is 6.07 Å². The Bertz CT molecular complexity index is 484. The standard InChI is InChI=1S/C13H14ClFN2O/c14-8-3-7(4-9(15)5-8)13-11(16)6-12(18)17(13)10-1-2-10/h3-5,10-11,13H,1-2,6,16H2. The highest BCUT2D eigenvalue weighted by molar-refractivity contribution is 6.30. The lowest BCUT2D eigenvalue weighted by atomic mass is 10.0. The van der Waals surface area contributed by atoms with E-state index >= 15 is 0 Å². The summed E-state index contributed by atoms with van der Waals surface area (Å²) in [6, 6.07) is 4.13. The lowest BCUT2D eigenvalue weighted by molar-refractivity contribution is -0.129. The number of nitrogens with two attached hydrogens (primary N) is 1. The van der Waals surface area contributed by atoms with Crippen LogP contribution in [0.5, 0.6) is 0 Å². The molecular formula is C13H14ClFN2O. The lowest BCUT2D eigenvalue weighted by Crippen LogP contribution is -2.34. The van der Waals surface area contributed by atoms with Crippen molar-refractivity contribution in [2.45, 2.75) is 37.4 Å². The number of nitrogens with zero attached hydrogens (tertiary/aromatic N) is 1. The molecule has 18 heavy (non-hydrogen) atoms. The van der Waals surface area contributed by atoms with Gasteiger partial charge in [-0.1, -0.05) is 11.6 Å². The molecule has 96 valence electrons. The van der Waals surface area contributed by atoms with Crippen LogP contribution >= 0.6 is 11.6 Å². The number of halogens is 2. The van der Waals surface area contributed by atoms with Crippen LogP contribution in [-0.4, -0.2) is 22.9 Å². The van der Waals surface area contributed by atoms with Crippen LogP contribution in [-0.2, 0) is 4.79 Å². The van der Waals surface area contributed by atoms with Crippen LogP contribution < -0.4 is 5.73 Å². The first-order valence-electron chi connectivity index (χ1n) is 6.09. The van der Waals surface area contributed by atoms with Gasteiger partial charge >= 0.3 is 0 Å². The van der Waals surface area contributed by atoms with Crippen LogP contribution in [0.25, 0.3) is 0 Å². The molecule has 2 aliphatic rings. The first kappa shape index (κ1) is 11.9. The molecule has 2 fully saturated rings. The number of benzene rings is 1. The molecule has 1 aliphatic heterocycles. The molecule has 1 aromatic rings. The van der Waals surface area contributed by atoms with Crippen molar-refractivity contribution in [3.63, 3.8) is 0 Å². The third kappa shape index (κ3) is 1.99. The smallest absolute Gasteiger partial charge is 0.225 e. The minimum absolute atomic E-state index is 0.0652. The van der Waals surface area contributed by atoms with E-state index in [4.69, 9.17) is 17.3 Å². The number of hydrogen-bond acceptors (Lipinski definition) is 2. The van der Waals surface area contributed by atoms with E-state index in [0.29, 0.717) is 17.0 Å². The molecule has 3 rings (SSSR count). The summed E-state index contributed by atoms with van der Waals surface area (Å²) in [6.45, 7) is 0. The Morgan fingerprint density at radius 3 is 2.67 bits per heavy atom. The summed E-state index contributed by atoms with van der Waals surface area (Å²) in [5.41, 5.74) is 6.73. The van der Waals surface area contributed by atoms with Crippen molar-refractivity contribution >= 4 is 17.5 Å². The zero-order valence-electron chi connectivity index (χ0n) is 9.77. The Balaban J connectivity index is 1.99. The number of carbonyl (C=O) groups is 1. The Kier molecular flexibility index (Phi) is 2.79. The minimum Gasteiger partial charge on any atom is -0.331 e. The molecule has 1 saturated carbocycles. The average Bonchev–Trinajstić information content (AvgIpc) is 3.03. The van der Waals surface area contributed by atoms with Crippen LogP contribution in [0.15, 0.2) is 18.2 Å². The molecule has 2 unspecified atom stereocenters. The fourth-order valence-corrected chi connectivity index (χ4v) is 2.95. The molecule has 1 heterocycles.